The van der Waals surface area contributed by atoms with Crippen molar-refractivity contribution in [2.45, 2.75) is 26.8 Å². The molecule has 178 valence electrons. The first-order chi connectivity index (χ1) is 16.4. The molecule has 0 saturated heterocycles. The number of ether oxygens (including phenoxy) is 3. The number of fused-ring (bicyclic) bond motifs is 1. The van der Waals surface area contributed by atoms with Crippen LogP contribution in [0.1, 0.15) is 34.2 Å². The summed E-state index contributed by atoms with van der Waals surface area (Å²) in [6.07, 6.45) is 0.551. The van der Waals surface area contributed by atoms with E-state index in [-0.39, 0.29) is 24.9 Å². The highest BCUT2D eigenvalue weighted by Crippen LogP contribution is 2.31. The van der Waals surface area contributed by atoms with Crippen molar-refractivity contribution in [2.75, 3.05) is 32.7 Å². The number of aryl methyl sites for hydroxylation is 1. The summed E-state index contributed by atoms with van der Waals surface area (Å²) in [6, 6.07) is 12.8. The van der Waals surface area contributed by atoms with Crippen molar-refractivity contribution in [2.24, 2.45) is 0 Å². The van der Waals surface area contributed by atoms with E-state index in [1.54, 1.807) is 41.8 Å². The molecule has 0 spiro atoms. The van der Waals surface area contributed by atoms with Crippen molar-refractivity contribution in [1.82, 2.24) is 14.7 Å². The van der Waals surface area contributed by atoms with Crippen LogP contribution in [-0.4, -0.2) is 54.1 Å². The third kappa shape index (κ3) is 4.54. The Morgan fingerprint density at radius 1 is 1.06 bits per heavy atom. The van der Waals surface area contributed by atoms with Crippen molar-refractivity contribution >= 4 is 17.7 Å². The first-order valence-corrected chi connectivity index (χ1v) is 11.1. The lowest BCUT2D eigenvalue weighted by Gasteiger charge is -2.28. The summed E-state index contributed by atoms with van der Waals surface area (Å²) in [5.74, 6) is 0.600. The van der Waals surface area contributed by atoms with E-state index in [4.69, 9.17) is 14.2 Å². The highest BCUT2D eigenvalue weighted by atomic mass is 16.5. The summed E-state index contributed by atoms with van der Waals surface area (Å²) in [7, 11) is 3.09. The number of esters is 1. The number of methoxy groups -OCH3 is 2. The van der Waals surface area contributed by atoms with Crippen LogP contribution in [0.2, 0.25) is 0 Å². The van der Waals surface area contributed by atoms with E-state index in [2.05, 4.69) is 10.4 Å². The summed E-state index contributed by atoms with van der Waals surface area (Å²) in [6.45, 7) is 4.74. The number of nitrogens with zero attached hydrogens (tertiary/aromatic N) is 3. The molecule has 0 aliphatic carbocycles. The lowest BCUT2D eigenvalue weighted by Crippen LogP contribution is -2.39. The predicted octanol–water partition coefficient (Wildman–Crippen LogP) is 3.96. The molecule has 1 aromatic heterocycles. The molecule has 1 aliphatic heterocycles. The Morgan fingerprint density at radius 2 is 1.79 bits per heavy atom. The molecule has 1 aliphatic rings. The van der Waals surface area contributed by atoms with Crippen molar-refractivity contribution in [3.8, 4) is 17.2 Å². The first-order valence-electron chi connectivity index (χ1n) is 11.1. The predicted molar refractivity (Wildman–Crippen MR) is 127 cm³/mol. The number of nitrogens with one attached hydrogen (secondary N) is 1. The molecule has 0 fully saturated rings. The second-order valence-electron chi connectivity index (χ2n) is 7.91. The van der Waals surface area contributed by atoms with E-state index >= 15 is 0 Å². The summed E-state index contributed by atoms with van der Waals surface area (Å²) < 4.78 is 17.6. The van der Waals surface area contributed by atoms with Gasteiger partial charge in [0.15, 0.2) is 17.2 Å². The van der Waals surface area contributed by atoms with Crippen LogP contribution in [0.4, 0.5) is 10.5 Å². The smallest absolute Gasteiger partial charge is 0.359 e. The highest BCUT2D eigenvalue weighted by molar-refractivity contribution is 5.92. The minimum Gasteiger partial charge on any atom is -0.493 e. The Bertz CT molecular complexity index is 1200. The van der Waals surface area contributed by atoms with Gasteiger partial charge in [-0.2, -0.15) is 5.10 Å². The minimum atomic E-state index is -0.494. The number of benzene rings is 2. The Kier molecular flexibility index (Phi) is 6.72. The van der Waals surface area contributed by atoms with Gasteiger partial charge in [-0.1, -0.05) is 17.7 Å². The standard InChI is InChI=1S/C25H28N4O5/c1-5-34-24(30)23-19-15-28(25(31)26-17-8-11-21(32-3)22(14-17)33-4)13-12-20(19)29(27-23)18-9-6-16(2)7-10-18/h6-11,14H,5,12-13,15H2,1-4H3,(H,26,31). The minimum absolute atomic E-state index is 0.237. The molecule has 2 amide bonds. The summed E-state index contributed by atoms with van der Waals surface area (Å²) in [4.78, 5) is 27.4. The number of carbonyl (C=O) groups is 2. The first kappa shape index (κ1) is 23.2. The van der Waals surface area contributed by atoms with Gasteiger partial charge in [0.05, 0.1) is 38.8 Å². The molecular weight excluding hydrogens is 436 g/mol. The van der Waals surface area contributed by atoms with Crippen LogP contribution in [0.15, 0.2) is 42.5 Å². The van der Waals surface area contributed by atoms with Crippen LogP contribution in [0.5, 0.6) is 11.5 Å². The fourth-order valence-corrected chi connectivity index (χ4v) is 3.97. The normalized spacial score (nSPS) is 12.6. The topological polar surface area (TPSA) is 94.9 Å². The van der Waals surface area contributed by atoms with Crippen LogP contribution >= 0.6 is 0 Å². The fourth-order valence-electron chi connectivity index (χ4n) is 3.97. The molecule has 0 atom stereocenters. The van der Waals surface area contributed by atoms with E-state index in [1.165, 1.54) is 7.11 Å². The molecule has 0 radical (unpaired) electrons. The number of urea groups is 1. The third-order valence-electron chi connectivity index (χ3n) is 5.73. The Hall–Kier alpha value is -4.01. The number of hydrogen-bond donors (Lipinski definition) is 1. The molecule has 4 rings (SSSR count). The van der Waals surface area contributed by atoms with Gasteiger partial charge in [0, 0.05) is 30.3 Å². The highest BCUT2D eigenvalue weighted by Gasteiger charge is 2.31. The maximum atomic E-state index is 13.1. The van der Waals surface area contributed by atoms with Crippen molar-refractivity contribution < 1.29 is 23.8 Å². The number of carbonyl (C=O) groups excluding carboxylic acids is 2. The zero-order valence-electron chi connectivity index (χ0n) is 19.8. The van der Waals surface area contributed by atoms with Crippen molar-refractivity contribution in [3.63, 3.8) is 0 Å². The van der Waals surface area contributed by atoms with E-state index < -0.39 is 5.97 Å². The zero-order chi connectivity index (χ0) is 24.2. The van der Waals surface area contributed by atoms with Crippen LogP contribution in [0.3, 0.4) is 0 Å². The lowest BCUT2D eigenvalue weighted by molar-refractivity contribution is 0.0516. The number of anilines is 1. The lowest BCUT2D eigenvalue weighted by atomic mass is 10.0. The van der Waals surface area contributed by atoms with Crippen LogP contribution in [0.25, 0.3) is 5.69 Å². The quantitative estimate of drug-likeness (QED) is 0.555. The zero-order valence-corrected chi connectivity index (χ0v) is 19.8. The molecule has 0 unspecified atom stereocenters. The van der Waals surface area contributed by atoms with Gasteiger partial charge in [-0.25, -0.2) is 14.3 Å². The molecule has 34 heavy (non-hydrogen) atoms. The van der Waals surface area contributed by atoms with E-state index in [0.717, 1.165) is 16.9 Å². The summed E-state index contributed by atoms with van der Waals surface area (Å²) in [5.41, 5.74) is 4.42. The maximum Gasteiger partial charge on any atom is 0.359 e. The van der Waals surface area contributed by atoms with Gasteiger partial charge >= 0.3 is 12.0 Å². The molecular formula is C25H28N4O5. The maximum absolute atomic E-state index is 13.1. The molecule has 1 N–H and O–H groups in total. The number of hydrogen-bond acceptors (Lipinski definition) is 6. The van der Waals surface area contributed by atoms with Crippen LogP contribution in [-0.2, 0) is 17.7 Å². The third-order valence-corrected chi connectivity index (χ3v) is 5.73. The van der Waals surface area contributed by atoms with Crippen LogP contribution < -0.4 is 14.8 Å². The molecule has 0 saturated carbocycles. The molecule has 2 heterocycles. The number of amides is 2. The molecule has 3 aromatic rings. The number of rotatable bonds is 6. The molecule has 9 heteroatoms. The van der Waals surface area contributed by atoms with Gasteiger partial charge in [-0.3, -0.25) is 0 Å². The second-order valence-corrected chi connectivity index (χ2v) is 7.91. The van der Waals surface area contributed by atoms with Crippen molar-refractivity contribution in [3.05, 3.63) is 65.0 Å². The Labute approximate surface area is 198 Å². The Balaban J connectivity index is 1.61. The fraction of sp³-hybridized carbons (Fsp3) is 0.320. The monoisotopic (exact) mass is 464 g/mol. The molecule has 9 nitrogen and oxygen atoms in total. The van der Waals surface area contributed by atoms with Gasteiger partial charge in [0.25, 0.3) is 0 Å². The molecule has 2 aromatic carbocycles. The van der Waals surface area contributed by atoms with E-state index in [9.17, 15) is 9.59 Å². The summed E-state index contributed by atoms with van der Waals surface area (Å²) >= 11 is 0. The van der Waals surface area contributed by atoms with Gasteiger partial charge in [-0.15, -0.1) is 0 Å². The summed E-state index contributed by atoms with van der Waals surface area (Å²) in [5, 5.41) is 7.48. The van der Waals surface area contributed by atoms with Gasteiger partial charge in [0.2, 0.25) is 0 Å². The average molecular weight is 465 g/mol. The van der Waals surface area contributed by atoms with Gasteiger partial charge < -0.3 is 24.4 Å². The second kappa shape index (κ2) is 9.86. The van der Waals surface area contributed by atoms with Gasteiger partial charge in [-0.05, 0) is 38.1 Å². The largest absolute Gasteiger partial charge is 0.493 e. The average Bonchev–Trinajstić information content (AvgIpc) is 3.23. The SMILES string of the molecule is CCOC(=O)c1nn(-c2ccc(C)cc2)c2c1CN(C(=O)Nc1ccc(OC)c(OC)c1)CC2. The van der Waals surface area contributed by atoms with E-state index in [0.29, 0.717) is 35.7 Å². The number of aromatic nitrogens is 2. The van der Waals surface area contributed by atoms with E-state index in [1.807, 2.05) is 31.2 Å². The van der Waals surface area contributed by atoms with Crippen LogP contribution in [0, 0.1) is 6.92 Å². The Morgan fingerprint density at radius 3 is 2.47 bits per heavy atom. The van der Waals surface area contributed by atoms with Crippen molar-refractivity contribution in [1.29, 1.82) is 0 Å². The molecule has 0 bridgehead atoms. The van der Waals surface area contributed by atoms with Gasteiger partial charge in [0.1, 0.15) is 0 Å².